The van der Waals surface area contributed by atoms with Crippen molar-refractivity contribution in [2.24, 2.45) is 0 Å². The maximum atomic E-state index is 11.5. The van der Waals surface area contributed by atoms with Crippen LogP contribution in [0.2, 0.25) is 0 Å². The van der Waals surface area contributed by atoms with Crippen LogP contribution in [0.3, 0.4) is 0 Å². The Morgan fingerprint density at radius 1 is 1.25 bits per heavy atom. The third-order valence-electron chi connectivity index (χ3n) is 2.51. The average molecular weight is 278 g/mol. The van der Waals surface area contributed by atoms with Gasteiger partial charge in [-0.15, -0.1) is 0 Å². The molecule has 0 saturated carbocycles. The highest BCUT2D eigenvalue weighted by molar-refractivity contribution is 5.85. The third-order valence-corrected chi connectivity index (χ3v) is 2.51. The lowest BCUT2D eigenvalue weighted by Crippen LogP contribution is -2.06. The molecule has 0 amide bonds. The summed E-state index contributed by atoms with van der Waals surface area (Å²) in [7, 11) is 3.07. The van der Waals surface area contributed by atoms with E-state index < -0.39 is 5.97 Å². The van der Waals surface area contributed by atoms with Crippen molar-refractivity contribution in [2.75, 3.05) is 20.8 Å². The van der Waals surface area contributed by atoms with Crippen molar-refractivity contribution in [1.29, 1.82) is 0 Å². The summed E-state index contributed by atoms with van der Waals surface area (Å²) in [5, 5.41) is 3.58. The van der Waals surface area contributed by atoms with E-state index in [1.165, 1.54) is 7.11 Å². The van der Waals surface area contributed by atoms with E-state index in [1.54, 1.807) is 32.2 Å². The number of carbonyl (C=O) groups excluding carboxylic acids is 1. The standard InChI is InChI=1S/C13H14N2O5/c1-4-19-13(16)11-14-12(20-15-11)8-5-6-9(17-2)10(7-8)18-3/h5-7H,4H2,1-3H3. The van der Waals surface area contributed by atoms with Crippen molar-refractivity contribution in [3.8, 4) is 23.0 Å². The SMILES string of the molecule is CCOC(=O)c1noc(-c2ccc(OC)c(OC)c2)n1. The Labute approximate surface area is 115 Å². The summed E-state index contributed by atoms with van der Waals surface area (Å²) >= 11 is 0. The summed E-state index contributed by atoms with van der Waals surface area (Å²) in [5.74, 6) is 0.580. The summed E-state index contributed by atoms with van der Waals surface area (Å²) in [4.78, 5) is 15.4. The maximum Gasteiger partial charge on any atom is 0.379 e. The molecule has 2 rings (SSSR count). The number of benzene rings is 1. The van der Waals surface area contributed by atoms with Gasteiger partial charge in [0.2, 0.25) is 0 Å². The van der Waals surface area contributed by atoms with E-state index >= 15 is 0 Å². The molecule has 0 radical (unpaired) electrons. The Bertz CT molecular complexity index is 609. The van der Waals surface area contributed by atoms with Crippen LogP contribution in [-0.4, -0.2) is 36.9 Å². The van der Waals surface area contributed by atoms with E-state index in [1.807, 2.05) is 0 Å². The van der Waals surface area contributed by atoms with Crippen molar-refractivity contribution >= 4 is 5.97 Å². The molecule has 1 aromatic carbocycles. The molecule has 0 saturated heterocycles. The zero-order valence-electron chi connectivity index (χ0n) is 11.4. The minimum atomic E-state index is -0.622. The van der Waals surface area contributed by atoms with E-state index in [0.29, 0.717) is 17.1 Å². The van der Waals surface area contributed by atoms with Gasteiger partial charge in [0.05, 0.1) is 20.8 Å². The fraction of sp³-hybridized carbons (Fsp3) is 0.308. The summed E-state index contributed by atoms with van der Waals surface area (Å²) in [6.07, 6.45) is 0. The fourth-order valence-electron chi connectivity index (χ4n) is 1.59. The number of nitrogens with zero attached hydrogens (tertiary/aromatic N) is 2. The zero-order valence-corrected chi connectivity index (χ0v) is 11.4. The molecule has 7 heteroatoms. The number of ether oxygens (including phenoxy) is 3. The molecule has 0 aliphatic heterocycles. The van der Waals surface area contributed by atoms with Gasteiger partial charge in [-0.05, 0) is 30.3 Å². The highest BCUT2D eigenvalue weighted by atomic mass is 16.5. The van der Waals surface area contributed by atoms with Crippen LogP contribution < -0.4 is 9.47 Å². The van der Waals surface area contributed by atoms with Gasteiger partial charge < -0.3 is 18.7 Å². The van der Waals surface area contributed by atoms with Gasteiger partial charge in [0.15, 0.2) is 11.5 Å². The molecule has 7 nitrogen and oxygen atoms in total. The first-order chi connectivity index (χ1) is 9.69. The molecule has 1 heterocycles. The summed E-state index contributed by atoms with van der Waals surface area (Å²) in [6.45, 7) is 1.95. The average Bonchev–Trinajstić information content (AvgIpc) is 2.96. The van der Waals surface area contributed by atoms with Crippen LogP contribution in [-0.2, 0) is 4.74 Å². The molecule has 106 valence electrons. The lowest BCUT2D eigenvalue weighted by atomic mass is 10.2. The van der Waals surface area contributed by atoms with Gasteiger partial charge in [-0.3, -0.25) is 0 Å². The molecule has 2 aromatic rings. The first-order valence-electron chi connectivity index (χ1n) is 5.92. The first-order valence-corrected chi connectivity index (χ1v) is 5.92. The molecule has 20 heavy (non-hydrogen) atoms. The fourth-order valence-corrected chi connectivity index (χ4v) is 1.59. The maximum absolute atomic E-state index is 11.5. The molecule has 0 spiro atoms. The smallest absolute Gasteiger partial charge is 0.379 e. The van der Waals surface area contributed by atoms with Crippen molar-refractivity contribution in [3.05, 3.63) is 24.0 Å². The number of hydrogen-bond acceptors (Lipinski definition) is 7. The van der Waals surface area contributed by atoms with Gasteiger partial charge in [-0.2, -0.15) is 4.98 Å². The number of hydrogen-bond donors (Lipinski definition) is 0. The monoisotopic (exact) mass is 278 g/mol. The van der Waals surface area contributed by atoms with E-state index in [9.17, 15) is 4.79 Å². The molecule has 0 unspecified atom stereocenters. The summed E-state index contributed by atoms with van der Waals surface area (Å²) in [5.41, 5.74) is 0.616. The van der Waals surface area contributed by atoms with Crippen LogP contribution in [0.5, 0.6) is 11.5 Å². The number of aromatic nitrogens is 2. The zero-order chi connectivity index (χ0) is 14.5. The van der Waals surface area contributed by atoms with Crippen LogP contribution in [0.1, 0.15) is 17.5 Å². The molecule has 0 fully saturated rings. The normalized spacial score (nSPS) is 10.2. The van der Waals surface area contributed by atoms with Gasteiger partial charge >= 0.3 is 5.97 Å². The number of methoxy groups -OCH3 is 2. The summed E-state index contributed by atoms with van der Waals surface area (Å²) in [6, 6.07) is 5.12. The quantitative estimate of drug-likeness (QED) is 0.772. The highest BCUT2D eigenvalue weighted by Gasteiger charge is 2.17. The highest BCUT2D eigenvalue weighted by Crippen LogP contribution is 2.31. The minimum absolute atomic E-state index is 0.114. The Kier molecular flexibility index (Phi) is 4.19. The Balaban J connectivity index is 2.30. The second-order valence-electron chi connectivity index (χ2n) is 3.71. The second-order valence-corrected chi connectivity index (χ2v) is 3.71. The van der Waals surface area contributed by atoms with Gasteiger partial charge in [0.1, 0.15) is 0 Å². The largest absolute Gasteiger partial charge is 0.493 e. The van der Waals surface area contributed by atoms with Crippen LogP contribution in [0, 0.1) is 0 Å². The third kappa shape index (κ3) is 2.71. The van der Waals surface area contributed by atoms with Crippen LogP contribution >= 0.6 is 0 Å². The van der Waals surface area contributed by atoms with Gasteiger partial charge in [0.25, 0.3) is 11.7 Å². The minimum Gasteiger partial charge on any atom is -0.493 e. The molecule has 0 aliphatic rings. The van der Waals surface area contributed by atoms with E-state index in [-0.39, 0.29) is 18.3 Å². The molecule has 0 atom stereocenters. The Morgan fingerprint density at radius 2 is 2.00 bits per heavy atom. The molecule has 1 aromatic heterocycles. The van der Waals surface area contributed by atoms with Crippen LogP contribution in [0.15, 0.2) is 22.7 Å². The predicted molar refractivity (Wildman–Crippen MR) is 68.8 cm³/mol. The van der Waals surface area contributed by atoms with Gasteiger partial charge in [0, 0.05) is 5.56 Å². The number of rotatable bonds is 5. The van der Waals surface area contributed by atoms with Gasteiger partial charge in [-0.1, -0.05) is 0 Å². The van der Waals surface area contributed by atoms with Crippen LogP contribution in [0.4, 0.5) is 0 Å². The topological polar surface area (TPSA) is 83.7 Å². The Hall–Kier alpha value is -2.57. The lowest BCUT2D eigenvalue weighted by Gasteiger charge is -2.07. The van der Waals surface area contributed by atoms with Crippen molar-refractivity contribution in [2.45, 2.75) is 6.92 Å². The number of esters is 1. The van der Waals surface area contributed by atoms with E-state index in [0.717, 1.165) is 0 Å². The Morgan fingerprint density at radius 3 is 2.65 bits per heavy atom. The van der Waals surface area contributed by atoms with Crippen LogP contribution in [0.25, 0.3) is 11.5 Å². The van der Waals surface area contributed by atoms with Crippen molar-refractivity contribution in [1.82, 2.24) is 10.1 Å². The second kappa shape index (κ2) is 6.05. The van der Waals surface area contributed by atoms with E-state index in [2.05, 4.69) is 10.1 Å². The summed E-state index contributed by atoms with van der Waals surface area (Å²) < 4.78 is 20.1. The number of carbonyl (C=O) groups is 1. The van der Waals surface area contributed by atoms with E-state index in [4.69, 9.17) is 18.7 Å². The molecular formula is C13H14N2O5. The van der Waals surface area contributed by atoms with Crippen molar-refractivity contribution < 1.29 is 23.5 Å². The predicted octanol–water partition coefficient (Wildman–Crippen LogP) is 1.93. The molecule has 0 bridgehead atoms. The molecule has 0 N–H and O–H groups in total. The first kappa shape index (κ1) is 13.9. The van der Waals surface area contributed by atoms with Crippen molar-refractivity contribution in [3.63, 3.8) is 0 Å². The lowest BCUT2D eigenvalue weighted by molar-refractivity contribution is 0.0508. The molecular weight excluding hydrogens is 264 g/mol. The molecule has 0 aliphatic carbocycles. The van der Waals surface area contributed by atoms with Gasteiger partial charge in [-0.25, -0.2) is 4.79 Å².